The highest BCUT2D eigenvalue weighted by Gasteiger charge is 2.20. The van der Waals surface area contributed by atoms with Crippen LogP contribution in [0.15, 0.2) is 36.9 Å². The molecule has 0 aliphatic heterocycles. The van der Waals surface area contributed by atoms with Gasteiger partial charge in [0.25, 0.3) is 0 Å². The van der Waals surface area contributed by atoms with Gasteiger partial charge in [0.05, 0.1) is 11.2 Å². The number of nitrogens with zero attached hydrogens (tertiary/aromatic N) is 2. The molecule has 1 saturated carbocycles. The Kier molecular flexibility index (Phi) is 3.62. The summed E-state index contributed by atoms with van der Waals surface area (Å²) in [6.07, 6.45) is 9.28. The van der Waals surface area contributed by atoms with Crippen LogP contribution in [-0.2, 0) is 6.54 Å². The second-order valence-electron chi connectivity index (χ2n) is 4.58. The second-order valence-corrected chi connectivity index (χ2v) is 5.02. The van der Waals surface area contributed by atoms with Gasteiger partial charge in [0.2, 0.25) is 0 Å². The van der Waals surface area contributed by atoms with Crippen LogP contribution in [0.1, 0.15) is 18.4 Å². The summed E-state index contributed by atoms with van der Waals surface area (Å²) in [4.78, 5) is 8.15. The van der Waals surface area contributed by atoms with Crippen molar-refractivity contribution < 1.29 is 4.74 Å². The van der Waals surface area contributed by atoms with E-state index in [1.807, 2.05) is 12.3 Å². The third-order valence-electron chi connectivity index (χ3n) is 2.92. The van der Waals surface area contributed by atoms with Crippen LogP contribution in [0.3, 0.4) is 0 Å². The molecule has 3 rings (SSSR count). The van der Waals surface area contributed by atoms with Gasteiger partial charge in [-0.15, -0.1) is 0 Å². The number of hydrogen-bond acceptors (Lipinski definition) is 4. The van der Waals surface area contributed by atoms with E-state index in [1.54, 1.807) is 24.7 Å². The molecule has 0 bridgehead atoms. The summed E-state index contributed by atoms with van der Waals surface area (Å²) < 4.78 is 5.82. The zero-order chi connectivity index (χ0) is 13.1. The van der Waals surface area contributed by atoms with E-state index in [0.717, 1.165) is 17.9 Å². The van der Waals surface area contributed by atoms with Crippen molar-refractivity contribution in [2.45, 2.75) is 25.4 Å². The average Bonchev–Trinajstić information content (AvgIpc) is 3.22. The number of halogens is 1. The Morgan fingerprint density at radius 1 is 1.26 bits per heavy atom. The van der Waals surface area contributed by atoms with Crippen LogP contribution in [0.2, 0.25) is 5.02 Å². The van der Waals surface area contributed by atoms with Crippen molar-refractivity contribution in [1.29, 1.82) is 0 Å². The lowest BCUT2D eigenvalue weighted by Crippen LogP contribution is -2.15. The van der Waals surface area contributed by atoms with Gasteiger partial charge >= 0.3 is 0 Å². The second kappa shape index (κ2) is 5.55. The van der Waals surface area contributed by atoms with Crippen LogP contribution in [-0.4, -0.2) is 16.0 Å². The molecule has 0 aromatic carbocycles. The largest absolute Gasteiger partial charge is 0.455 e. The summed E-state index contributed by atoms with van der Waals surface area (Å²) in [5, 5.41) is 4.01. The monoisotopic (exact) mass is 275 g/mol. The van der Waals surface area contributed by atoms with E-state index < -0.39 is 0 Å². The zero-order valence-electron chi connectivity index (χ0n) is 10.3. The van der Waals surface area contributed by atoms with Gasteiger partial charge in [0.1, 0.15) is 11.5 Å². The molecule has 4 nitrogen and oxygen atoms in total. The molecule has 0 unspecified atom stereocenters. The Bertz CT molecular complexity index is 572. The number of ether oxygens (including phenoxy) is 1. The lowest BCUT2D eigenvalue weighted by molar-refractivity contribution is 0.469. The van der Waals surface area contributed by atoms with Crippen molar-refractivity contribution in [1.82, 2.24) is 15.3 Å². The highest BCUT2D eigenvalue weighted by atomic mass is 35.5. The molecule has 2 aromatic heterocycles. The minimum Gasteiger partial charge on any atom is -0.455 e. The summed E-state index contributed by atoms with van der Waals surface area (Å²) in [5.41, 5.74) is 1.04. The molecule has 2 heterocycles. The molecule has 1 aliphatic rings. The Hall–Kier alpha value is -1.65. The van der Waals surface area contributed by atoms with Crippen molar-refractivity contribution in [3.8, 4) is 11.5 Å². The van der Waals surface area contributed by atoms with Gasteiger partial charge in [-0.3, -0.25) is 9.97 Å². The first-order valence-corrected chi connectivity index (χ1v) is 6.64. The summed E-state index contributed by atoms with van der Waals surface area (Å²) in [6, 6.07) is 4.25. The Labute approximate surface area is 116 Å². The summed E-state index contributed by atoms with van der Waals surface area (Å²) >= 11 is 5.89. The number of hydrogen-bond donors (Lipinski definition) is 1. The van der Waals surface area contributed by atoms with Crippen LogP contribution in [0.5, 0.6) is 11.5 Å². The van der Waals surface area contributed by atoms with Crippen LogP contribution < -0.4 is 10.1 Å². The van der Waals surface area contributed by atoms with E-state index >= 15 is 0 Å². The van der Waals surface area contributed by atoms with E-state index in [9.17, 15) is 0 Å². The molecule has 0 saturated heterocycles. The Morgan fingerprint density at radius 3 is 2.95 bits per heavy atom. The fourth-order valence-corrected chi connectivity index (χ4v) is 1.93. The van der Waals surface area contributed by atoms with Crippen LogP contribution >= 0.6 is 11.6 Å². The van der Waals surface area contributed by atoms with Gasteiger partial charge in [-0.2, -0.15) is 0 Å². The highest BCUT2D eigenvalue weighted by Crippen LogP contribution is 2.26. The molecule has 98 valence electrons. The molecule has 1 N–H and O–H groups in total. The van der Waals surface area contributed by atoms with Gasteiger partial charge in [-0.25, -0.2) is 0 Å². The summed E-state index contributed by atoms with van der Waals surface area (Å²) in [7, 11) is 0. The molecule has 0 atom stereocenters. The van der Waals surface area contributed by atoms with Crippen LogP contribution in [0.25, 0.3) is 0 Å². The molecule has 1 fully saturated rings. The first-order chi connectivity index (χ1) is 9.31. The van der Waals surface area contributed by atoms with E-state index in [0.29, 0.717) is 16.8 Å². The maximum atomic E-state index is 5.89. The molecule has 0 radical (unpaired) electrons. The number of pyridine rings is 2. The van der Waals surface area contributed by atoms with Gasteiger partial charge < -0.3 is 10.1 Å². The van der Waals surface area contributed by atoms with E-state index in [2.05, 4.69) is 15.3 Å². The zero-order valence-corrected chi connectivity index (χ0v) is 11.1. The molecule has 0 spiro atoms. The summed E-state index contributed by atoms with van der Waals surface area (Å²) in [6.45, 7) is 0.766. The van der Waals surface area contributed by atoms with Gasteiger partial charge in [0, 0.05) is 42.8 Å². The number of aromatic nitrogens is 2. The minimum absolute atomic E-state index is 0.559. The predicted molar refractivity (Wildman–Crippen MR) is 73.4 cm³/mol. The average molecular weight is 276 g/mol. The lowest BCUT2D eigenvalue weighted by Gasteiger charge is -2.11. The predicted octanol–water partition coefficient (Wildman–Crippen LogP) is 3.17. The molecular formula is C14H14ClN3O. The fourth-order valence-electron chi connectivity index (χ4n) is 1.76. The Balaban J connectivity index is 1.75. The molecule has 0 amide bonds. The smallest absolute Gasteiger partial charge is 0.147 e. The summed E-state index contributed by atoms with van der Waals surface area (Å²) in [5.74, 6) is 1.42. The fraction of sp³-hybridized carbons (Fsp3) is 0.286. The molecular weight excluding hydrogens is 262 g/mol. The minimum atomic E-state index is 0.559. The SMILES string of the molecule is Clc1cncc(Oc2ccncc2CNC2CC2)c1. The van der Waals surface area contributed by atoms with Gasteiger partial charge in [0.15, 0.2) is 0 Å². The quantitative estimate of drug-likeness (QED) is 0.910. The molecule has 5 heteroatoms. The third-order valence-corrected chi connectivity index (χ3v) is 3.13. The van der Waals surface area contributed by atoms with Crippen molar-refractivity contribution in [3.05, 3.63) is 47.5 Å². The van der Waals surface area contributed by atoms with E-state index in [-0.39, 0.29) is 0 Å². The lowest BCUT2D eigenvalue weighted by atomic mass is 10.2. The maximum Gasteiger partial charge on any atom is 0.147 e. The first kappa shape index (κ1) is 12.4. The van der Waals surface area contributed by atoms with Crippen molar-refractivity contribution in [3.63, 3.8) is 0 Å². The first-order valence-electron chi connectivity index (χ1n) is 6.26. The number of rotatable bonds is 5. The topological polar surface area (TPSA) is 47.0 Å². The molecule has 2 aromatic rings. The molecule has 19 heavy (non-hydrogen) atoms. The maximum absolute atomic E-state index is 5.89. The van der Waals surface area contributed by atoms with Gasteiger partial charge in [-0.1, -0.05) is 11.6 Å². The molecule has 1 aliphatic carbocycles. The standard InChI is InChI=1S/C14H14ClN3O/c15-11-5-13(9-17-8-11)19-14-3-4-16-6-10(14)7-18-12-1-2-12/h3-6,8-9,12,18H,1-2,7H2. The van der Waals surface area contributed by atoms with Gasteiger partial charge in [-0.05, 0) is 18.9 Å². The third kappa shape index (κ3) is 3.43. The van der Waals surface area contributed by atoms with E-state index in [1.165, 1.54) is 12.8 Å². The normalized spacial score (nSPS) is 14.4. The van der Waals surface area contributed by atoms with Crippen LogP contribution in [0, 0.1) is 0 Å². The highest BCUT2D eigenvalue weighted by molar-refractivity contribution is 6.30. The number of nitrogens with one attached hydrogen (secondary N) is 1. The van der Waals surface area contributed by atoms with Crippen molar-refractivity contribution in [2.24, 2.45) is 0 Å². The van der Waals surface area contributed by atoms with Crippen LogP contribution in [0.4, 0.5) is 0 Å². The van der Waals surface area contributed by atoms with Crippen molar-refractivity contribution >= 4 is 11.6 Å². The van der Waals surface area contributed by atoms with Crippen molar-refractivity contribution in [2.75, 3.05) is 0 Å². The Morgan fingerprint density at radius 2 is 2.16 bits per heavy atom. The van der Waals surface area contributed by atoms with E-state index in [4.69, 9.17) is 16.3 Å².